The molecular formula is C14H26N2O. The summed E-state index contributed by atoms with van der Waals surface area (Å²) in [6.07, 6.45) is 6.97. The number of nitrogens with zero attached hydrogens (tertiary/aromatic N) is 1. The van der Waals surface area contributed by atoms with Crippen molar-refractivity contribution < 1.29 is 4.79 Å². The average molecular weight is 238 g/mol. The molecule has 2 aliphatic rings. The van der Waals surface area contributed by atoms with Crippen LogP contribution in [0, 0.1) is 11.3 Å². The lowest BCUT2D eigenvalue weighted by Crippen LogP contribution is -2.55. The van der Waals surface area contributed by atoms with Crippen molar-refractivity contribution in [2.75, 3.05) is 13.1 Å². The lowest BCUT2D eigenvalue weighted by Gasteiger charge is -2.43. The molecule has 0 spiro atoms. The molecule has 0 aromatic heterocycles. The fraction of sp³-hybridized carbons (Fsp3) is 0.929. The highest BCUT2D eigenvalue weighted by Gasteiger charge is 2.36. The molecule has 1 amide bonds. The first-order valence-corrected chi connectivity index (χ1v) is 7.05. The molecule has 2 fully saturated rings. The molecule has 1 saturated carbocycles. The molecule has 1 aliphatic carbocycles. The van der Waals surface area contributed by atoms with Gasteiger partial charge in [-0.25, -0.2) is 0 Å². The summed E-state index contributed by atoms with van der Waals surface area (Å²) in [6.45, 7) is 6.07. The quantitative estimate of drug-likeness (QED) is 0.761. The molecule has 2 rings (SSSR count). The maximum Gasteiger partial charge on any atom is 0.225 e. The molecule has 98 valence electrons. The predicted molar refractivity (Wildman–Crippen MR) is 69.5 cm³/mol. The molecular weight excluding hydrogens is 212 g/mol. The van der Waals surface area contributed by atoms with Crippen molar-refractivity contribution in [2.24, 2.45) is 17.1 Å². The van der Waals surface area contributed by atoms with E-state index in [1.807, 2.05) is 4.90 Å². The molecule has 0 aromatic rings. The second kappa shape index (κ2) is 4.97. The molecule has 17 heavy (non-hydrogen) atoms. The van der Waals surface area contributed by atoms with Gasteiger partial charge in [0.1, 0.15) is 0 Å². The Hall–Kier alpha value is -0.570. The Kier molecular flexibility index (Phi) is 3.76. The summed E-state index contributed by atoms with van der Waals surface area (Å²) in [5.74, 6) is 0.660. The normalized spacial score (nSPS) is 30.3. The maximum absolute atomic E-state index is 12.4. The molecule has 0 bridgehead atoms. The smallest absolute Gasteiger partial charge is 0.225 e. The number of hydrogen-bond acceptors (Lipinski definition) is 2. The third-order valence-electron chi connectivity index (χ3n) is 4.71. The van der Waals surface area contributed by atoms with E-state index in [0.29, 0.717) is 5.91 Å². The van der Waals surface area contributed by atoms with Crippen LogP contribution in [0.25, 0.3) is 0 Å². The maximum atomic E-state index is 12.4. The molecule has 3 heteroatoms. The van der Waals surface area contributed by atoms with Crippen LogP contribution >= 0.6 is 0 Å². The van der Waals surface area contributed by atoms with Crippen molar-refractivity contribution in [3.05, 3.63) is 0 Å². The minimum atomic E-state index is 0.129. The zero-order valence-corrected chi connectivity index (χ0v) is 11.2. The van der Waals surface area contributed by atoms with E-state index in [-0.39, 0.29) is 17.4 Å². The summed E-state index contributed by atoms with van der Waals surface area (Å²) in [5.41, 5.74) is 6.36. The van der Waals surface area contributed by atoms with Crippen LogP contribution in [0.4, 0.5) is 0 Å². The Morgan fingerprint density at radius 2 is 1.88 bits per heavy atom. The van der Waals surface area contributed by atoms with Gasteiger partial charge in [-0.2, -0.15) is 0 Å². The zero-order valence-electron chi connectivity index (χ0n) is 11.2. The van der Waals surface area contributed by atoms with E-state index < -0.39 is 0 Å². The lowest BCUT2D eigenvalue weighted by molar-refractivity contribution is -0.139. The SMILES string of the molecule is CC1(C)CCN(C(=O)C2CCCCC2)CC1N. The van der Waals surface area contributed by atoms with Crippen molar-refractivity contribution in [2.45, 2.75) is 58.4 Å². The molecule has 1 saturated heterocycles. The van der Waals surface area contributed by atoms with Crippen LogP contribution in [0.15, 0.2) is 0 Å². The van der Waals surface area contributed by atoms with Crippen molar-refractivity contribution in [1.29, 1.82) is 0 Å². The fourth-order valence-electron chi connectivity index (χ4n) is 2.99. The number of carbonyl (C=O) groups excluding carboxylic acids is 1. The number of hydrogen-bond donors (Lipinski definition) is 1. The van der Waals surface area contributed by atoms with Crippen LogP contribution in [-0.2, 0) is 4.79 Å². The number of carbonyl (C=O) groups is 1. The molecule has 1 heterocycles. The number of likely N-dealkylation sites (tertiary alicyclic amines) is 1. The molecule has 2 N–H and O–H groups in total. The van der Waals surface area contributed by atoms with Crippen LogP contribution in [0.5, 0.6) is 0 Å². The molecule has 1 atom stereocenters. The Morgan fingerprint density at radius 3 is 2.47 bits per heavy atom. The van der Waals surface area contributed by atoms with Gasteiger partial charge in [-0.3, -0.25) is 4.79 Å². The molecule has 1 aliphatic heterocycles. The summed E-state index contributed by atoms with van der Waals surface area (Å²) >= 11 is 0. The highest BCUT2D eigenvalue weighted by Crippen LogP contribution is 2.31. The van der Waals surface area contributed by atoms with Crippen molar-refractivity contribution in [3.8, 4) is 0 Å². The first-order chi connectivity index (χ1) is 8.00. The van der Waals surface area contributed by atoms with Crippen LogP contribution in [0.2, 0.25) is 0 Å². The predicted octanol–water partition coefficient (Wildman–Crippen LogP) is 2.15. The zero-order chi connectivity index (χ0) is 12.5. The lowest BCUT2D eigenvalue weighted by atomic mass is 9.78. The Balaban J connectivity index is 1.92. The third kappa shape index (κ3) is 2.82. The van der Waals surface area contributed by atoms with Crippen LogP contribution in [0.1, 0.15) is 52.4 Å². The van der Waals surface area contributed by atoms with Gasteiger partial charge < -0.3 is 10.6 Å². The van der Waals surface area contributed by atoms with Gasteiger partial charge in [-0.05, 0) is 24.7 Å². The van der Waals surface area contributed by atoms with Gasteiger partial charge in [0.25, 0.3) is 0 Å². The van der Waals surface area contributed by atoms with Gasteiger partial charge >= 0.3 is 0 Å². The van der Waals surface area contributed by atoms with Crippen LogP contribution < -0.4 is 5.73 Å². The van der Waals surface area contributed by atoms with E-state index in [4.69, 9.17) is 5.73 Å². The molecule has 0 aromatic carbocycles. The summed E-state index contributed by atoms with van der Waals surface area (Å²) in [7, 11) is 0. The van der Waals surface area contributed by atoms with Gasteiger partial charge in [-0.15, -0.1) is 0 Å². The van der Waals surface area contributed by atoms with Gasteiger partial charge in [0.05, 0.1) is 0 Å². The first-order valence-electron chi connectivity index (χ1n) is 7.05. The Morgan fingerprint density at radius 1 is 1.24 bits per heavy atom. The van der Waals surface area contributed by atoms with Crippen molar-refractivity contribution in [1.82, 2.24) is 4.90 Å². The number of nitrogens with two attached hydrogens (primary N) is 1. The fourth-order valence-corrected chi connectivity index (χ4v) is 2.99. The van der Waals surface area contributed by atoms with E-state index in [0.717, 1.165) is 32.4 Å². The van der Waals surface area contributed by atoms with E-state index in [1.165, 1.54) is 19.3 Å². The average Bonchev–Trinajstić information content (AvgIpc) is 2.33. The van der Waals surface area contributed by atoms with Gasteiger partial charge in [-0.1, -0.05) is 33.1 Å². The van der Waals surface area contributed by atoms with E-state index in [1.54, 1.807) is 0 Å². The summed E-state index contributed by atoms with van der Waals surface area (Å²) in [6, 6.07) is 0.129. The summed E-state index contributed by atoms with van der Waals surface area (Å²) in [5, 5.41) is 0. The van der Waals surface area contributed by atoms with Crippen molar-refractivity contribution in [3.63, 3.8) is 0 Å². The minimum Gasteiger partial charge on any atom is -0.341 e. The summed E-state index contributed by atoms with van der Waals surface area (Å²) < 4.78 is 0. The standard InChI is InChI=1S/C14H26N2O/c1-14(2)8-9-16(10-12(14)15)13(17)11-6-4-3-5-7-11/h11-12H,3-10,15H2,1-2H3. The second-order valence-electron chi connectivity index (χ2n) is 6.46. The minimum absolute atomic E-state index is 0.129. The van der Waals surface area contributed by atoms with Gasteiger partial charge in [0, 0.05) is 25.0 Å². The van der Waals surface area contributed by atoms with Crippen LogP contribution in [-0.4, -0.2) is 29.9 Å². The van der Waals surface area contributed by atoms with E-state index in [2.05, 4.69) is 13.8 Å². The third-order valence-corrected chi connectivity index (χ3v) is 4.71. The van der Waals surface area contributed by atoms with Gasteiger partial charge in [0.2, 0.25) is 5.91 Å². The highest BCUT2D eigenvalue weighted by atomic mass is 16.2. The van der Waals surface area contributed by atoms with Crippen LogP contribution in [0.3, 0.4) is 0 Å². The van der Waals surface area contributed by atoms with E-state index >= 15 is 0 Å². The molecule has 3 nitrogen and oxygen atoms in total. The largest absolute Gasteiger partial charge is 0.341 e. The Labute approximate surface area is 105 Å². The monoisotopic (exact) mass is 238 g/mol. The first kappa shape index (κ1) is 12.9. The molecule has 0 radical (unpaired) electrons. The highest BCUT2D eigenvalue weighted by molar-refractivity contribution is 5.79. The number of rotatable bonds is 1. The number of amides is 1. The Bertz CT molecular complexity index is 282. The van der Waals surface area contributed by atoms with E-state index in [9.17, 15) is 4.79 Å². The second-order valence-corrected chi connectivity index (χ2v) is 6.46. The number of piperidine rings is 1. The topological polar surface area (TPSA) is 46.3 Å². The molecule has 1 unspecified atom stereocenters. The van der Waals surface area contributed by atoms with Gasteiger partial charge in [0.15, 0.2) is 0 Å². The van der Waals surface area contributed by atoms with Crippen molar-refractivity contribution >= 4 is 5.91 Å². The summed E-state index contributed by atoms with van der Waals surface area (Å²) in [4.78, 5) is 14.4.